The lowest BCUT2D eigenvalue weighted by atomic mass is 9.99. The SMILES string of the molecule is C=Cc1cccc(C(C(=O)NCCC(=O)OCC)N(C)C(=O)C(Cc2ccc(O)cc2)NC(=O)OC(C)(C)C)c1. The van der Waals surface area contributed by atoms with Crippen LogP contribution in [0.1, 0.15) is 56.8 Å². The molecule has 0 radical (unpaired) electrons. The van der Waals surface area contributed by atoms with Crippen molar-refractivity contribution >= 4 is 30.0 Å². The number of carbonyl (C=O) groups is 4. The van der Waals surface area contributed by atoms with Crippen LogP contribution in [0.25, 0.3) is 6.08 Å². The molecule has 3 N–H and O–H groups in total. The normalized spacial score (nSPS) is 12.4. The average Bonchev–Trinajstić information content (AvgIpc) is 2.88. The van der Waals surface area contributed by atoms with E-state index in [1.807, 2.05) is 6.07 Å². The van der Waals surface area contributed by atoms with Crippen LogP contribution in [-0.2, 0) is 30.3 Å². The molecule has 2 aromatic carbocycles. The molecule has 0 saturated heterocycles. The number of ether oxygens (including phenoxy) is 2. The first-order valence-corrected chi connectivity index (χ1v) is 13.0. The van der Waals surface area contributed by atoms with E-state index in [4.69, 9.17) is 9.47 Å². The molecule has 10 nitrogen and oxygen atoms in total. The first-order valence-electron chi connectivity index (χ1n) is 13.0. The van der Waals surface area contributed by atoms with Crippen LogP contribution in [-0.4, -0.2) is 65.7 Å². The molecule has 0 spiro atoms. The highest BCUT2D eigenvalue weighted by Crippen LogP contribution is 2.23. The van der Waals surface area contributed by atoms with Gasteiger partial charge < -0.3 is 30.1 Å². The van der Waals surface area contributed by atoms with Crippen LogP contribution in [0.15, 0.2) is 55.1 Å². The zero-order valence-corrected chi connectivity index (χ0v) is 23.7. The number of hydrogen-bond donors (Lipinski definition) is 3. The molecule has 0 fully saturated rings. The van der Waals surface area contributed by atoms with E-state index in [1.165, 1.54) is 24.1 Å². The number of nitrogens with zero attached hydrogens (tertiary/aromatic N) is 1. The van der Waals surface area contributed by atoms with Crippen molar-refractivity contribution in [3.8, 4) is 5.75 Å². The Hall–Kier alpha value is -4.34. The number of esters is 1. The molecule has 2 unspecified atom stereocenters. The number of rotatable bonds is 12. The molecule has 0 saturated carbocycles. The van der Waals surface area contributed by atoms with Crippen molar-refractivity contribution < 1.29 is 33.8 Å². The van der Waals surface area contributed by atoms with E-state index < -0.39 is 41.6 Å². The Kier molecular flexibility index (Phi) is 11.7. The van der Waals surface area contributed by atoms with Gasteiger partial charge >= 0.3 is 12.1 Å². The van der Waals surface area contributed by atoms with Crippen molar-refractivity contribution in [2.24, 2.45) is 0 Å². The Balaban J connectivity index is 2.39. The summed E-state index contributed by atoms with van der Waals surface area (Å²) >= 11 is 0. The first kappa shape index (κ1) is 31.9. The molecule has 10 heteroatoms. The van der Waals surface area contributed by atoms with Crippen LogP contribution in [0.3, 0.4) is 0 Å². The van der Waals surface area contributed by atoms with E-state index >= 15 is 0 Å². The molecular weight excluding hydrogens is 514 g/mol. The molecule has 0 heterocycles. The maximum Gasteiger partial charge on any atom is 0.408 e. The van der Waals surface area contributed by atoms with Crippen molar-refractivity contribution in [3.63, 3.8) is 0 Å². The Morgan fingerprint density at radius 2 is 1.77 bits per heavy atom. The average molecular weight is 554 g/mol. The second kappa shape index (κ2) is 14.7. The number of likely N-dealkylation sites (N-methyl/N-ethyl adjacent to an activating group) is 1. The molecule has 40 heavy (non-hydrogen) atoms. The van der Waals surface area contributed by atoms with Gasteiger partial charge in [-0.3, -0.25) is 14.4 Å². The van der Waals surface area contributed by atoms with Crippen molar-refractivity contribution in [2.45, 2.75) is 58.2 Å². The number of phenols is 1. The number of nitrogens with one attached hydrogen (secondary N) is 2. The van der Waals surface area contributed by atoms with E-state index in [9.17, 15) is 24.3 Å². The number of benzene rings is 2. The topological polar surface area (TPSA) is 134 Å². The summed E-state index contributed by atoms with van der Waals surface area (Å²) in [7, 11) is 1.47. The fourth-order valence-corrected chi connectivity index (χ4v) is 3.92. The van der Waals surface area contributed by atoms with Crippen LogP contribution >= 0.6 is 0 Å². The summed E-state index contributed by atoms with van der Waals surface area (Å²) in [6.45, 7) is 10.8. The summed E-state index contributed by atoms with van der Waals surface area (Å²) < 4.78 is 10.3. The second-order valence-electron chi connectivity index (χ2n) is 10.1. The molecular formula is C30H39N3O7. The van der Waals surface area contributed by atoms with Crippen molar-refractivity contribution in [1.82, 2.24) is 15.5 Å². The van der Waals surface area contributed by atoms with E-state index in [0.29, 0.717) is 11.1 Å². The Bertz CT molecular complexity index is 1190. The van der Waals surface area contributed by atoms with Gasteiger partial charge in [-0.05, 0) is 62.6 Å². The van der Waals surface area contributed by atoms with Gasteiger partial charge in [-0.25, -0.2) is 4.79 Å². The van der Waals surface area contributed by atoms with E-state index in [0.717, 1.165) is 5.56 Å². The third-order valence-corrected chi connectivity index (χ3v) is 5.74. The highest BCUT2D eigenvalue weighted by atomic mass is 16.6. The molecule has 2 aromatic rings. The fourth-order valence-electron chi connectivity index (χ4n) is 3.92. The molecule has 0 bridgehead atoms. The van der Waals surface area contributed by atoms with E-state index in [1.54, 1.807) is 64.1 Å². The van der Waals surface area contributed by atoms with Gasteiger partial charge in [-0.15, -0.1) is 0 Å². The number of hydrogen-bond acceptors (Lipinski definition) is 7. The van der Waals surface area contributed by atoms with Crippen LogP contribution in [0.2, 0.25) is 0 Å². The van der Waals surface area contributed by atoms with Gasteiger partial charge in [0.25, 0.3) is 0 Å². The predicted octanol–water partition coefficient (Wildman–Crippen LogP) is 3.74. The Morgan fingerprint density at radius 1 is 1.10 bits per heavy atom. The lowest BCUT2D eigenvalue weighted by Crippen LogP contribution is -2.52. The summed E-state index contributed by atoms with van der Waals surface area (Å²) in [5.74, 6) is -1.45. The highest BCUT2D eigenvalue weighted by Gasteiger charge is 2.34. The summed E-state index contributed by atoms with van der Waals surface area (Å²) in [5, 5.41) is 15.0. The third kappa shape index (κ3) is 10.1. The molecule has 0 aliphatic rings. The lowest BCUT2D eigenvalue weighted by Gasteiger charge is -2.32. The molecule has 3 amide bonds. The standard InChI is InChI=1S/C30H39N3O7/c1-7-20-10-9-11-22(18-20)26(27(36)31-17-16-25(35)39-8-2)33(6)28(37)24(32-29(38)40-30(3,4)5)19-21-12-14-23(34)15-13-21/h7,9-15,18,24,26,34H,1,8,16-17,19H2,2-6H3,(H,31,36)(H,32,38). The van der Waals surface area contributed by atoms with Gasteiger partial charge in [-0.2, -0.15) is 0 Å². The first-order chi connectivity index (χ1) is 18.8. The van der Waals surface area contributed by atoms with Crippen molar-refractivity contribution in [1.29, 1.82) is 0 Å². The summed E-state index contributed by atoms with van der Waals surface area (Å²) in [4.78, 5) is 53.0. The van der Waals surface area contributed by atoms with Crippen molar-refractivity contribution in [2.75, 3.05) is 20.2 Å². The Morgan fingerprint density at radius 3 is 2.38 bits per heavy atom. The molecule has 0 aliphatic carbocycles. The fraction of sp³-hybridized carbons (Fsp3) is 0.400. The number of phenolic OH excluding ortho intramolecular Hbond substituents is 1. The minimum atomic E-state index is -1.10. The van der Waals surface area contributed by atoms with Gasteiger partial charge in [0.2, 0.25) is 11.8 Å². The maximum atomic E-state index is 13.9. The largest absolute Gasteiger partial charge is 0.508 e. The quantitative estimate of drug-likeness (QED) is 0.341. The number of amides is 3. The van der Waals surface area contributed by atoms with Gasteiger partial charge in [-0.1, -0.05) is 43.0 Å². The molecule has 0 aliphatic heterocycles. The zero-order chi connectivity index (χ0) is 29.9. The lowest BCUT2D eigenvalue weighted by molar-refractivity contribution is -0.143. The van der Waals surface area contributed by atoms with Crippen LogP contribution in [0.4, 0.5) is 4.79 Å². The summed E-state index contributed by atoms with van der Waals surface area (Å²) in [6.07, 6.45) is 0.883. The smallest absolute Gasteiger partial charge is 0.408 e. The molecule has 0 aromatic heterocycles. The Labute approximate surface area is 235 Å². The van der Waals surface area contributed by atoms with Gasteiger partial charge in [0, 0.05) is 20.0 Å². The van der Waals surface area contributed by atoms with Gasteiger partial charge in [0.15, 0.2) is 0 Å². The van der Waals surface area contributed by atoms with Gasteiger partial charge in [0.1, 0.15) is 23.4 Å². The molecule has 2 rings (SSSR count). The van der Waals surface area contributed by atoms with Gasteiger partial charge in [0.05, 0.1) is 13.0 Å². The second-order valence-corrected chi connectivity index (χ2v) is 10.1. The number of carbonyl (C=O) groups excluding carboxylic acids is 4. The maximum absolute atomic E-state index is 13.9. The van der Waals surface area contributed by atoms with Crippen molar-refractivity contribution in [3.05, 3.63) is 71.8 Å². The minimum absolute atomic E-state index is 0.0183. The summed E-state index contributed by atoms with van der Waals surface area (Å²) in [6, 6.07) is 11.1. The minimum Gasteiger partial charge on any atom is -0.508 e. The van der Waals surface area contributed by atoms with Crippen LogP contribution < -0.4 is 10.6 Å². The van der Waals surface area contributed by atoms with E-state index in [-0.39, 0.29) is 31.7 Å². The van der Waals surface area contributed by atoms with Crippen LogP contribution in [0.5, 0.6) is 5.75 Å². The van der Waals surface area contributed by atoms with Crippen LogP contribution in [0, 0.1) is 0 Å². The predicted molar refractivity (Wildman–Crippen MR) is 151 cm³/mol. The summed E-state index contributed by atoms with van der Waals surface area (Å²) in [5.41, 5.74) is 1.14. The number of alkyl carbamates (subject to hydrolysis) is 1. The molecule has 2 atom stereocenters. The zero-order valence-electron chi connectivity index (χ0n) is 23.7. The number of aromatic hydroxyl groups is 1. The highest BCUT2D eigenvalue weighted by molar-refractivity contribution is 5.92. The van der Waals surface area contributed by atoms with E-state index in [2.05, 4.69) is 17.2 Å². The monoisotopic (exact) mass is 553 g/mol. The third-order valence-electron chi connectivity index (χ3n) is 5.74. The molecule has 216 valence electrons.